The summed E-state index contributed by atoms with van der Waals surface area (Å²) in [6.45, 7) is 0. The minimum absolute atomic E-state index is 0. The molecule has 0 spiro atoms. The van der Waals surface area contributed by atoms with Crippen LogP contribution in [0.2, 0.25) is 0 Å². The largest absolute Gasteiger partial charge is 1.00 e. The molecular formula is H3B2K3O6. The van der Waals surface area contributed by atoms with Crippen LogP contribution in [0.25, 0.3) is 0 Å². The molecule has 0 fully saturated rings. The normalized spacial score (nSPS) is 4.91. The molecule has 0 N–H and O–H groups in total. The molecule has 0 aliphatic heterocycles. The average molecular weight is 238 g/mol. The van der Waals surface area contributed by atoms with Gasteiger partial charge in [0.2, 0.25) is 0 Å². The molecule has 0 saturated carbocycles. The minimum atomic E-state index is -2.92. The van der Waals surface area contributed by atoms with Crippen LogP contribution in [-0.4, -0.2) is 14.6 Å². The van der Waals surface area contributed by atoms with E-state index in [1.165, 1.54) is 0 Å². The maximum absolute atomic E-state index is 8.42. The predicted octanol–water partition coefficient (Wildman–Crippen LogP) is -16.5. The average Bonchev–Trinajstić information content (AvgIpc) is 1.25. The number of hydrogen-bond donors (Lipinski definition) is 0. The molecular weight excluding hydrogens is 235 g/mol. The molecule has 0 aromatic rings. The fraction of sp³-hybridized carbons (Fsp3) is 0. The van der Waals surface area contributed by atoms with E-state index in [2.05, 4.69) is 0 Å². The van der Waals surface area contributed by atoms with E-state index in [4.69, 9.17) is 30.1 Å². The van der Waals surface area contributed by atoms with Gasteiger partial charge in [-0.05, 0) is 0 Å². The Labute approximate surface area is 197 Å². The van der Waals surface area contributed by atoms with Crippen molar-refractivity contribution in [3.8, 4) is 0 Å². The van der Waals surface area contributed by atoms with Crippen molar-refractivity contribution in [2.75, 3.05) is 0 Å². The van der Waals surface area contributed by atoms with Crippen molar-refractivity contribution in [2.24, 2.45) is 0 Å². The molecule has 6 nitrogen and oxygen atoms in total. The van der Waals surface area contributed by atoms with E-state index in [0.29, 0.717) is 0 Å². The summed E-state index contributed by atoms with van der Waals surface area (Å²) in [5.41, 5.74) is 0. The Morgan fingerprint density at radius 1 is 0.545 bits per heavy atom. The molecule has 0 atom stereocenters. The van der Waals surface area contributed by atoms with Crippen LogP contribution in [0.4, 0.5) is 0 Å². The van der Waals surface area contributed by atoms with Gasteiger partial charge in [0, 0.05) is 0 Å². The Bertz CT molecular complexity index is 41.8. The van der Waals surface area contributed by atoms with Crippen molar-refractivity contribution in [1.82, 2.24) is 0 Å². The van der Waals surface area contributed by atoms with Crippen LogP contribution in [-0.2, 0) is 0 Å². The number of rotatable bonds is 0. The summed E-state index contributed by atoms with van der Waals surface area (Å²) in [5, 5.41) is 50.5. The third-order valence-electron chi connectivity index (χ3n) is 0. The Morgan fingerprint density at radius 2 is 0.545 bits per heavy atom. The molecule has 0 radical (unpaired) electrons. The molecule has 0 heterocycles. The molecule has 11 heteroatoms. The zero-order valence-electron chi connectivity index (χ0n) is 9.60. The van der Waals surface area contributed by atoms with Crippen LogP contribution in [0.1, 0.15) is 4.28 Å². The van der Waals surface area contributed by atoms with Crippen molar-refractivity contribution in [1.29, 1.82) is 0 Å². The molecule has 0 rings (SSSR count). The fourth-order valence-electron chi connectivity index (χ4n) is 0. The van der Waals surface area contributed by atoms with Gasteiger partial charge in [-0.25, -0.2) is 0 Å². The Kier molecular flexibility index (Phi) is 65.2. The third kappa shape index (κ3) is 105. The van der Waals surface area contributed by atoms with Crippen LogP contribution in [0, 0.1) is 0 Å². The monoisotopic (exact) mass is 238 g/mol. The van der Waals surface area contributed by atoms with Crippen molar-refractivity contribution >= 4 is 14.6 Å². The quantitative estimate of drug-likeness (QED) is 0.384. The zero-order chi connectivity index (χ0) is 7.15. The van der Waals surface area contributed by atoms with E-state index in [1.807, 2.05) is 0 Å². The minimum Gasteiger partial charge on any atom is -0.907 e. The fourth-order valence-corrected chi connectivity index (χ4v) is 0. The summed E-state index contributed by atoms with van der Waals surface area (Å²) >= 11 is 0. The smallest absolute Gasteiger partial charge is 0.907 e. The van der Waals surface area contributed by atoms with Gasteiger partial charge in [-0.1, -0.05) is 0 Å². The molecule has 0 aliphatic carbocycles. The molecule has 0 aromatic carbocycles. The topological polar surface area (TPSA) is 138 Å². The van der Waals surface area contributed by atoms with Crippen molar-refractivity contribution in [2.45, 2.75) is 0 Å². The first-order valence-corrected chi connectivity index (χ1v) is 1.41. The Morgan fingerprint density at radius 3 is 0.545 bits per heavy atom. The van der Waals surface area contributed by atoms with Crippen LogP contribution in [0.3, 0.4) is 0 Å². The maximum Gasteiger partial charge on any atom is 1.00 e. The van der Waals surface area contributed by atoms with Crippen molar-refractivity contribution in [3.63, 3.8) is 0 Å². The van der Waals surface area contributed by atoms with Crippen molar-refractivity contribution in [3.05, 3.63) is 0 Å². The second-order valence-corrected chi connectivity index (χ2v) is 0.577. The van der Waals surface area contributed by atoms with Crippen LogP contribution < -0.4 is 184 Å². The summed E-state index contributed by atoms with van der Waals surface area (Å²) in [6, 6.07) is 0. The molecule has 11 heavy (non-hydrogen) atoms. The van der Waals surface area contributed by atoms with Crippen LogP contribution in [0.15, 0.2) is 0 Å². The third-order valence-corrected chi connectivity index (χ3v) is 0. The summed E-state index contributed by atoms with van der Waals surface area (Å²) in [5.74, 6) is 0. The summed E-state index contributed by atoms with van der Waals surface area (Å²) < 4.78 is 0. The van der Waals surface area contributed by atoms with Crippen LogP contribution >= 0.6 is 0 Å². The molecule has 0 aromatic heterocycles. The van der Waals surface area contributed by atoms with Gasteiger partial charge >= 0.3 is 158 Å². The van der Waals surface area contributed by atoms with E-state index in [9.17, 15) is 0 Å². The first-order chi connectivity index (χ1) is 3.46. The summed E-state index contributed by atoms with van der Waals surface area (Å²) in [4.78, 5) is 0. The first-order valence-electron chi connectivity index (χ1n) is 1.41. The van der Waals surface area contributed by atoms with Gasteiger partial charge < -0.3 is 30.1 Å². The Balaban J connectivity index is -0.00000000600. The van der Waals surface area contributed by atoms with Gasteiger partial charge in [0.25, 0.3) is 0 Å². The van der Waals surface area contributed by atoms with Gasteiger partial charge in [0.15, 0.2) is 0 Å². The SMILES string of the molecule is [H+].[H+].[H+].[K+].[K+].[K+].[O-]B([O-])[O-].[O-]B([O-])[O-]. The number of hydrogen-bond acceptors (Lipinski definition) is 6. The molecule has 48 valence electrons. The van der Waals surface area contributed by atoms with Gasteiger partial charge in [-0.15, -0.1) is 0 Å². The second-order valence-electron chi connectivity index (χ2n) is 0.577. The maximum atomic E-state index is 8.42. The summed E-state index contributed by atoms with van der Waals surface area (Å²) in [6.07, 6.45) is 0. The van der Waals surface area contributed by atoms with E-state index in [-0.39, 0.29) is 158 Å². The summed E-state index contributed by atoms with van der Waals surface area (Å²) in [7, 11) is -5.83. The van der Waals surface area contributed by atoms with Gasteiger partial charge in [0.05, 0.1) is 0 Å². The molecule has 0 amide bonds. The first kappa shape index (κ1) is 29.7. The molecule has 0 bridgehead atoms. The molecule has 0 saturated heterocycles. The van der Waals surface area contributed by atoms with E-state index in [0.717, 1.165) is 0 Å². The molecule has 0 unspecified atom stereocenters. The van der Waals surface area contributed by atoms with E-state index < -0.39 is 14.6 Å². The van der Waals surface area contributed by atoms with E-state index >= 15 is 0 Å². The van der Waals surface area contributed by atoms with E-state index in [1.54, 1.807) is 0 Å². The van der Waals surface area contributed by atoms with Gasteiger partial charge in [-0.3, -0.25) is 14.6 Å². The second kappa shape index (κ2) is 24.2. The van der Waals surface area contributed by atoms with Gasteiger partial charge in [0.1, 0.15) is 0 Å². The predicted molar refractivity (Wildman–Crippen MR) is 14.8 cm³/mol. The van der Waals surface area contributed by atoms with Crippen LogP contribution in [0.5, 0.6) is 0 Å². The van der Waals surface area contributed by atoms with Crippen molar-refractivity contribution < 1.29 is 189 Å². The zero-order valence-corrected chi connectivity index (χ0v) is 16.0. The molecule has 0 aliphatic rings. The van der Waals surface area contributed by atoms with Gasteiger partial charge in [-0.2, -0.15) is 0 Å². The Hall–Kier alpha value is 4.80. The standard InChI is InChI=1S/2BO3.3K/c2*2-1(3)4;;;/q2*-3;3*+1/p+3.